The fourth-order valence-corrected chi connectivity index (χ4v) is 2.34. The van der Waals surface area contributed by atoms with Gasteiger partial charge in [-0.25, -0.2) is 8.42 Å². The molecule has 5 nitrogen and oxygen atoms in total. The van der Waals surface area contributed by atoms with Gasteiger partial charge in [-0.1, -0.05) is 19.8 Å². The van der Waals surface area contributed by atoms with E-state index in [0.717, 1.165) is 0 Å². The molecule has 1 aromatic heterocycles. The van der Waals surface area contributed by atoms with Crippen LogP contribution < -0.4 is 10.0 Å². The average molecular weight is 270 g/mol. The zero-order chi connectivity index (χ0) is 13.8. The van der Waals surface area contributed by atoms with E-state index in [1.807, 2.05) is 13.8 Å². The number of nitrogens with one attached hydrogen (secondary N) is 2. The molecule has 1 rings (SSSR count). The minimum atomic E-state index is -3.68. The van der Waals surface area contributed by atoms with Gasteiger partial charge in [-0.2, -0.15) is 4.72 Å². The van der Waals surface area contributed by atoms with Crippen LogP contribution in [0.1, 0.15) is 26.5 Å². The molecule has 2 N–H and O–H groups in total. The Morgan fingerprint density at radius 2 is 2.06 bits per heavy atom. The Labute approximate surface area is 108 Å². The normalized spacial score (nSPS) is 13.5. The third-order valence-electron chi connectivity index (χ3n) is 2.17. The molecule has 0 aromatic carbocycles. The average Bonchev–Trinajstić information content (AvgIpc) is 2.75. The molecule has 0 fully saturated rings. The fraction of sp³-hybridized carbons (Fsp3) is 0.500. The molecule has 0 radical (unpaired) electrons. The summed E-state index contributed by atoms with van der Waals surface area (Å²) in [4.78, 5) is 0. The molecule has 0 saturated carbocycles. The van der Waals surface area contributed by atoms with Crippen LogP contribution >= 0.6 is 0 Å². The molecule has 0 aliphatic rings. The van der Waals surface area contributed by atoms with Crippen molar-refractivity contribution >= 4 is 10.0 Å². The van der Waals surface area contributed by atoms with Gasteiger partial charge in [0.2, 0.25) is 5.09 Å². The van der Waals surface area contributed by atoms with Gasteiger partial charge in [0.1, 0.15) is 5.76 Å². The van der Waals surface area contributed by atoms with Gasteiger partial charge in [0.25, 0.3) is 10.0 Å². The van der Waals surface area contributed by atoms with Crippen LogP contribution in [0, 0.1) is 12.3 Å². The van der Waals surface area contributed by atoms with E-state index in [4.69, 9.17) is 10.8 Å². The van der Waals surface area contributed by atoms with Gasteiger partial charge in [-0.05, 0) is 19.1 Å². The van der Waals surface area contributed by atoms with Crippen molar-refractivity contribution in [3.63, 3.8) is 0 Å². The summed E-state index contributed by atoms with van der Waals surface area (Å²) in [6.45, 7) is 6.06. The summed E-state index contributed by atoms with van der Waals surface area (Å²) in [6, 6.07) is 2.78. The van der Waals surface area contributed by atoms with E-state index in [2.05, 4.69) is 16.0 Å². The minimum Gasteiger partial charge on any atom is -0.447 e. The van der Waals surface area contributed by atoms with E-state index < -0.39 is 16.1 Å². The predicted octanol–water partition coefficient (Wildman–Crippen LogP) is 1.08. The Hall–Kier alpha value is -1.29. The lowest BCUT2D eigenvalue weighted by atomic mass is 10.3. The van der Waals surface area contributed by atoms with Crippen LogP contribution in [0.15, 0.2) is 21.6 Å². The Kier molecular flexibility index (Phi) is 4.96. The third kappa shape index (κ3) is 4.18. The molecule has 0 amide bonds. The first-order chi connectivity index (χ1) is 8.35. The summed E-state index contributed by atoms with van der Waals surface area (Å²) >= 11 is 0. The highest BCUT2D eigenvalue weighted by Crippen LogP contribution is 2.14. The largest absolute Gasteiger partial charge is 0.447 e. The topological polar surface area (TPSA) is 71.3 Å². The van der Waals surface area contributed by atoms with Gasteiger partial charge in [0.05, 0.1) is 12.6 Å². The van der Waals surface area contributed by atoms with E-state index in [1.54, 1.807) is 13.0 Å². The molecule has 100 valence electrons. The molecule has 6 heteroatoms. The maximum Gasteiger partial charge on any atom is 0.275 e. The van der Waals surface area contributed by atoms with E-state index in [9.17, 15) is 8.42 Å². The van der Waals surface area contributed by atoms with Crippen LogP contribution in [-0.2, 0) is 16.6 Å². The molecule has 18 heavy (non-hydrogen) atoms. The lowest BCUT2D eigenvalue weighted by molar-refractivity contribution is 0.393. The molecule has 0 aliphatic carbocycles. The summed E-state index contributed by atoms with van der Waals surface area (Å²) in [5, 5.41) is 3.02. The summed E-state index contributed by atoms with van der Waals surface area (Å²) in [6.07, 6.45) is 5.13. The summed E-state index contributed by atoms with van der Waals surface area (Å²) in [5.41, 5.74) is 0. The van der Waals surface area contributed by atoms with Crippen LogP contribution in [-0.4, -0.2) is 20.5 Å². The van der Waals surface area contributed by atoms with Crippen molar-refractivity contribution in [1.82, 2.24) is 10.0 Å². The Balaban J connectivity index is 2.76. The fourth-order valence-electron chi connectivity index (χ4n) is 1.23. The predicted molar refractivity (Wildman–Crippen MR) is 69.3 cm³/mol. The van der Waals surface area contributed by atoms with E-state index in [-0.39, 0.29) is 5.09 Å². The van der Waals surface area contributed by atoms with Crippen molar-refractivity contribution < 1.29 is 12.8 Å². The monoisotopic (exact) mass is 270 g/mol. The molecule has 0 saturated heterocycles. The number of rotatable bonds is 6. The van der Waals surface area contributed by atoms with Crippen molar-refractivity contribution in [3.8, 4) is 12.3 Å². The van der Waals surface area contributed by atoms with Crippen LogP contribution in [0.3, 0.4) is 0 Å². The van der Waals surface area contributed by atoms with E-state index >= 15 is 0 Å². The molecular formula is C12H18N2O3S. The van der Waals surface area contributed by atoms with Crippen LogP contribution in [0.2, 0.25) is 0 Å². The zero-order valence-corrected chi connectivity index (χ0v) is 11.5. The highest BCUT2D eigenvalue weighted by molar-refractivity contribution is 7.89. The maximum absolute atomic E-state index is 11.8. The minimum absolute atomic E-state index is 0.120. The summed E-state index contributed by atoms with van der Waals surface area (Å²) < 4.78 is 31.2. The number of hydrogen-bond acceptors (Lipinski definition) is 4. The molecule has 1 atom stereocenters. The van der Waals surface area contributed by atoms with Crippen LogP contribution in [0.4, 0.5) is 0 Å². The third-order valence-corrected chi connectivity index (χ3v) is 3.58. The first-order valence-corrected chi connectivity index (χ1v) is 7.14. The van der Waals surface area contributed by atoms with Crippen molar-refractivity contribution in [2.75, 3.05) is 0 Å². The van der Waals surface area contributed by atoms with Gasteiger partial charge >= 0.3 is 0 Å². The maximum atomic E-state index is 11.8. The molecule has 1 heterocycles. The van der Waals surface area contributed by atoms with Crippen molar-refractivity contribution in [2.45, 2.75) is 44.5 Å². The van der Waals surface area contributed by atoms with Crippen molar-refractivity contribution in [1.29, 1.82) is 0 Å². The second-order valence-corrected chi connectivity index (χ2v) is 5.91. The quantitative estimate of drug-likeness (QED) is 0.759. The number of hydrogen-bond donors (Lipinski definition) is 2. The highest BCUT2D eigenvalue weighted by atomic mass is 32.2. The lowest BCUT2D eigenvalue weighted by Crippen LogP contribution is -2.31. The first-order valence-electron chi connectivity index (χ1n) is 5.65. The van der Waals surface area contributed by atoms with E-state index in [1.165, 1.54) is 6.07 Å². The summed E-state index contributed by atoms with van der Waals surface area (Å²) in [7, 11) is -3.68. The van der Waals surface area contributed by atoms with E-state index in [0.29, 0.717) is 18.3 Å². The SMILES string of the molecule is C#CC(C)NS(=O)(=O)c1ccc(CNC(C)C)o1. The zero-order valence-electron chi connectivity index (χ0n) is 10.7. The van der Waals surface area contributed by atoms with Crippen molar-refractivity contribution in [3.05, 3.63) is 17.9 Å². The molecular weight excluding hydrogens is 252 g/mol. The van der Waals surface area contributed by atoms with Gasteiger partial charge in [0.15, 0.2) is 0 Å². The van der Waals surface area contributed by atoms with Gasteiger partial charge < -0.3 is 9.73 Å². The molecule has 1 aromatic rings. The standard InChI is InChI=1S/C12H18N2O3S/c1-5-10(4)14-18(15,16)12-7-6-11(17-12)8-13-9(2)3/h1,6-7,9-10,13-14H,8H2,2-4H3. The molecule has 1 unspecified atom stereocenters. The van der Waals surface area contributed by atoms with Gasteiger partial charge in [-0.3, -0.25) is 0 Å². The molecule has 0 spiro atoms. The Bertz CT molecular complexity index is 526. The molecule has 0 bridgehead atoms. The van der Waals surface area contributed by atoms with Crippen molar-refractivity contribution in [2.24, 2.45) is 0 Å². The second kappa shape index (κ2) is 6.05. The number of terminal acetylenes is 1. The van der Waals surface area contributed by atoms with Crippen LogP contribution in [0.25, 0.3) is 0 Å². The molecule has 0 aliphatic heterocycles. The second-order valence-electron chi connectivity index (χ2n) is 4.27. The van der Waals surface area contributed by atoms with Gasteiger partial charge in [-0.15, -0.1) is 6.42 Å². The number of furan rings is 1. The number of sulfonamides is 1. The Morgan fingerprint density at radius 3 is 2.61 bits per heavy atom. The lowest BCUT2D eigenvalue weighted by Gasteiger charge is -2.07. The highest BCUT2D eigenvalue weighted by Gasteiger charge is 2.20. The first kappa shape index (κ1) is 14.8. The smallest absolute Gasteiger partial charge is 0.275 e. The summed E-state index contributed by atoms with van der Waals surface area (Å²) in [5.74, 6) is 2.86. The van der Waals surface area contributed by atoms with Crippen LogP contribution in [0.5, 0.6) is 0 Å². The van der Waals surface area contributed by atoms with Gasteiger partial charge in [0, 0.05) is 6.04 Å². The Morgan fingerprint density at radius 1 is 1.39 bits per heavy atom.